The smallest absolute Gasteiger partial charge is 0.129 e. The second-order valence-corrected chi connectivity index (χ2v) is 4.79. The zero-order valence-electron chi connectivity index (χ0n) is 10.8. The van der Waals surface area contributed by atoms with Crippen molar-refractivity contribution in [2.75, 3.05) is 6.61 Å². The Labute approximate surface area is 115 Å². The van der Waals surface area contributed by atoms with Crippen molar-refractivity contribution in [3.63, 3.8) is 0 Å². The van der Waals surface area contributed by atoms with Gasteiger partial charge in [-0.3, -0.25) is 0 Å². The van der Waals surface area contributed by atoms with E-state index in [9.17, 15) is 18.3 Å². The zero-order chi connectivity index (χ0) is 14.5. The molecule has 106 valence electrons. The molecule has 0 radical (unpaired) electrons. The van der Waals surface area contributed by atoms with Crippen molar-refractivity contribution in [3.05, 3.63) is 71.0 Å². The summed E-state index contributed by atoms with van der Waals surface area (Å²) < 4.78 is 40.2. The molecule has 2 aromatic carbocycles. The molecular weight excluding hydrogens is 265 g/mol. The molecule has 0 amide bonds. The van der Waals surface area contributed by atoms with Gasteiger partial charge < -0.3 is 5.11 Å². The van der Waals surface area contributed by atoms with E-state index in [1.165, 1.54) is 30.3 Å². The van der Waals surface area contributed by atoms with Gasteiger partial charge in [0.15, 0.2) is 0 Å². The molecule has 0 aliphatic rings. The van der Waals surface area contributed by atoms with Crippen LogP contribution in [0.5, 0.6) is 0 Å². The predicted octanol–water partition coefficient (Wildman–Crippen LogP) is 3.50. The van der Waals surface area contributed by atoms with E-state index in [0.717, 1.165) is 0 Å². The van der Waals surface area contributed by atoms with Crippen molar-refractivity contribution in [1.82, 2.24) is 0 Å². The van der Waals surface area contributed by atoms with Crippen molar-refractivity contribution in [1.29, 1.82) is 0 Å². The molecule has 4 heteroatoms. The van der Waals surface area contributed by atoms with Crippen LogP contribution in [0.15, 0.2) is 42.5 Å². The minimum Gasteiger partial charge on any atom is -0.396 e. The predicted molar refractivity (Wildman–Crippen MR) is 70.7 cm³/mol. The maximum atomic E-state index is 13.6. The standard InChI is InChI=1S/C16H15F3O/c17-13-4-1-3-11(8-13)7-12(10-20)9-14-15(18)5-2-6-16(14)19/h1-6,8,12,20H,7,9-10H2. The van der Waals surface area contributed by atoms with E-state index in [1.54, 1.807) is 12.1 Å². The lowest BCUT2D eigenvalue weighted by atomic mass is 9.92. The second kappa shape index (κ2) is 6.57. The average molecular weight is 280 g/mol. The number of aliphatic hydroxyl groups is 1. The fourth-order valence-corrected chi connectivity index (χ4v) is 2.21. The largest absolute Gasteiger partial charge is 0.396 e. The van der Waals surface area contributed by atoms with Crippen LogP contribution in [-0.4, -0.2) is 11.7 Å². The normalized spacial score (nSPS) is 12.4. The minimum absolute atomic E-state index is 0.0389. The van der Waals surface area contributed by atoms with Crippen LogP contribution in [0.1, 0.15) is 11.1 Å². The SMILES string of the molecule is OCC(Cc1cccc(F)c1)Cc1c(F)cccc1F. The average Bonchev–Trinajstić information content (AvgIpc) is 2.42. The lowest BCUT2D eigenvalue weighted by Gasteiger charge is -2.15. The Morgan fingerprint density at radius 2 is 1.55 bits per heavy atom. The summed E-state index contributed by atoms with van der Waals surface area (Å²) in [5, 5.41) is 9.36. The number of hydrogen-bond acceptors (Lipinski definition) is 1. The lowest BCUT2D eigenvalue weighted by Crippen LogP contribution is -2.15. The molecule has 2 rings (SSSR count). The molecule has 1 unspecified atom stereocenters. The van der Waals surface area contributed by atoms with Crippen molar-refractivity contribution in [2.24, 2.45) is 5.92 Å². The molecular formula is C16H15F3O. The lowest BCUT2D eigenvalue weighted by molar-refractivity contribution is 0.223. The number of halogens is 3. The summed E-state index contributed by atoms with van der Waals surface area (Å²) in [6.07, 6.45) is 0.438. The molecule has 0 fully saturated rings. The molecule has 0 aliphatic heterocycles. The highest BCUT2D eigenvalue weighted by molar-refractivity contribution is 5.22. The number of benzene rings is 2. The monoisotopic (exact) mass is 280 g/mol. The number of hydrogen-bond donors (Lipinski definition) is 1. The topological polar surface area (TPSA) is 20.2 Å². The van der Waals surface area contributed by atoms with Gasteiger partial charge in [0.25, 0.3) is 0 Å². The maximum Gasteiger partial charge on any atom is 0.129 e. The van der Waals surface area contributed by atoms with Crippen LogP contribution in [0, 0.1) is 23.4 Å². The van der Waals surface area contributed by atoms with E-state index in [-0.39, 0.29) is 30.3 Å². The molecule has 1 atom stereocenters. The first-order valence-electron chi connectivity index (χ1n) is 6.38. The fraction of sp³-hybridized carbons (Fsp3) is 0.250. The summed E-state index contributed by atoms with van der Waals surface area (Å²) in [5.74, 6) is -1.97. The van der Waals surface area contributed by atoms with Gasteiger partial charge in [-0.1, -0.05) is 18.2 Å². The Hall–Kier alpha value is -1.81. The molecule has 0 aromatic heterocycles. The molecule has 1 nitrogen and oxygen atoms in total. The van der Waals surface area contributed by atoms with Gasteiger partial charge in [0.05, 0.1) is 0 Å². The Balaban J connectivity index is 2.13. The van der Waals surface area contributed by atoms with E-state index >= 15 is 0 Å². The molecule has 0 spiro atoms. The highest BCUT2D eigenvalue weighted by atomic mass is 19.1. The van der Waals surface area contributed by atoms with E-state index < -0.39 is 11.6 Å². The van der Waals surface area contributed by atoms with Crippen molar-refractivity contribution >= 4 is 0 Å². The van der Waals surface area contributed by atoms with E-state index in [0.29, 0.717) is 12.0 Å². The van der Waals surface area contributed by atoms with Crippen LogP contribution >= 0.6 is 0 Å². The first-order chi connectivity index (χ1) is 9.60. The molecule has 0 heterocycles. The van der Waals surface area contributed by atoms with Crippen LogP contribution in [-0.2, 0) is 12.8 Å². The Morgan fingerprint density at radius 3 is 2.15 bits per heavy atom. The molecule has 20 heavy (non-hydrogen) atoms. The molecule has 0 saturated heterocycles. The van der Waals surface area contributed by atoms with Gasteiger partial charge in [-0.25, -0.2) is 13.2 Å². The van der Waals surface area contributed by atoms with Gasteiger partial charge in [-0.15, -0.1) is 0 Å². The third-order valence-corrected chi connectivity index (χ3v) is 3.23. The summed E-state index contributed by atoms with van der Waals surface area (Å²) in [6, 6.07) is 9.67. The van der Waals surface area contributed by atoms with Gasteiger partial charge in [-0.05, 0) is 48.6 Å². The number of aliphatic hydroxyl groups excluding tert-OH is 1. The van der Waals surface area contributed by atoms with E-state index in [2.05, 4.69) is 0 Å². The van der Waals surface area contributed by atoms with Crippen LogP contribution in [0.4, 0.5) is 13.2 Å². The highest BCUT2D eigenvalue weighted by Gasteiger charge is 2.16. The first-order valence-corrected chi connectivity index (χ1v) is 6.38. The molecule has 2 aromatic rings. The Kier molecular flexibility index (Phi) is 4.79. The summed E-state index contributed by atoms with van der Waals surface area (Å²) >= 11 is 0. The molecule has 0 saturated carbocycles. The second-order valence-electron chi connectivity index (χ2n) is 4.79. The third kappa shape index (κ3) is 3.61. The highest BCUT2D eigenvalue weighted by Crippen LogP contribution is 2.20. The minimum atomic E-state index is -0.623. The summed E-state index contributed by atoms with van der Waals surface area (Å²) in [7, 11) is 0. The van der Waals surface area contributed by atoms with E-state index in [4.69, 9.17) is 0 Å². The van der Waals surface area contributed by atoms with Gasteiger partial charge in [-0.2, -0.15) is 0 Å². The first kappa shape index (κ1) is 14.6. The van der Waals surface area contributed by atoms with Crippen LogP contribution < -0.4 is 0 Å². The maximum absolute atomic E-state index is 13.6. The van der Waals surface area contributed by atoms with Crippen LogP contribution in [0.3, 0.4) is 0 Å². The van der Waals surface area contributed by atoms with Crippen molar-refractivity contribution in [3.8, 4) is 0 Å². The van der Waals surface area contributed by atoms with Gasteiger partial charge in [0, 0.05) is 12.2 Å². The quantitative estimate of drug-likeness (QED) is 0.888. The van der Waals surface area contributed by atoms with Gasteiger partial charge >= 0.3 is 0 Å². The number of rotatable bonds is 5. The van der Waals surface area contributed by atoms with Crippen molar-refractivity contribution < 1.29 is 18.3 Å². The summed E-state index contributed by atoms with van der Waals surface area (Å²) in [4.78, 5) is 0. The summed E-state index contributed by atoms with van der Waals surface area (Å²) in [6.45, 7) is -0.218. The van der Waals surface area contributed by atoms with E-state index in [1.807, 2.05) is 0 Å². The summed E-state index contributed by atoms with van der Waals surface area (Å²) in [5.41, 5.74) is 0.656. The van der Waals surface area contributed by atoms with Gasteiger partial charge in [0.2, 0.25) is 0 Å². The van der Waals surface area contributed by atoms with Crippen LogP contribution in [0.25, 0.3) is 0 Å². The fourth-order valence-electron chi connectivity index (χ4n) is 2.21. The zero-order valence-corrected chi connectivity index (χ0v) is 10.8. The molecule has 1 N–H and O–H groups in total. The third-order valence-electron chi connectivity index (χ3n) is 3.23. The van der Waals surface area contributed by atoms with Crippen LogP contribution in [0.2, 0.25) is 0 Å². The molecule has 0 aliphatic carbocycles. The van der Waals surface area contributed by atoms with Crippen molar-refractivity contribution in [2.45, 2.75) is 12.8 Å². The van der Waals surface area contributed by atoms with Gasteiger partial charge in [0.1, 0.15) is 17.5 Å². The molecule has 0 bridgehead atoms. The Bertz CT molecular complexity index is 563. The Morgan fingerprint density at radius 1 is 0.900 bits per heavy atom.